The lowest BCUT2D eigenvalue weighted by atomic mass is 10.1. The van der Waals surface area contributed by atoms with Crippen LogP contribution in [0.5, 0.6) is 0 Å². The molecule has 0 fully saturated rings. The zero-order chi connectivity index (χ0) is 17.6. The largest absolute Gasteiger partial charge is 0.452 e. The topological polar surface area (TPSA) is 68.3 Å². The highest BCUT2D eigenvalue weighted by molar-refractivity contribution is 7.13. The molecule has 0 saturated carbocycles. The van der Waals surface area contributed by atoms with Crippen LogP contribution in [0.25, 0.3) is 21.5 Å². The molecule has 3 rings (SSSR count). The first kappa shape index (κ1) is 17.1. The van der Waals surface area contributed by atoms with Crippen molar-refractivity contribution in [1.82, 2.24) is 10.3 Å². The van der Waals surface area contributed by atoms with Gasteiger partial charge in [0, 0.05) is 11.9 Å². The van der Waals surface area contributed by atoms with Gasteiger partial charge in [-0.1, -0.05) is 31.2 Å². The number of carbonyl (C=O) groups excluding carboxylic acids is 2. The zero-order valence-electron chi connectivity index (χ0n) is 13.8. The maximum Gasteiger partial charge on any atom is 0.339 e. The number of rotatable bonds is 6. The van der Waals surface area contributed by atoms with E-state index in [1.165, 1.54) is 0 Å². The van der Waals surface area contributed by atoms with Crippen LogP contribution in [0, 0.1) is 0 Å². The normalized spacial score (nSPS) is 10.6. The molecule has 1 aromatic carbocycles. The van der Waals surface area contributed by atoms with E-state index in [0.717, 1.165) is 22.5 Å². The molecule has 1 N–H and O–H groups in total. The Labute approximate surface area is 149 Å². The van der Waals surface area contributed by atoms with E-state index >= 15 is 0 Å². The molecule has 128 valence electrons. The number of esters is 1. The van der Waals surface area contributed by atoms with Crippen LogP contribution in [0.15, 0.2) is 47.8 Å². The molecular weight excluding hydrogens is 336 g/mol. The number of fused-ring (bicyclic) bond motifs is 1. The number of pyridine rings is 1. The summed E-state index contributed by atoms with van der Waals surface area (Å²) < 4.78 is 5.19. The smallest absolute Gasteiger partial charge is 0.339 e. The number of nitrogens with zero attached hydrogens (tertiary/aromatic N) is 1. The summed E-state index contributed by atoms with van der Waals surface area (Å²) in [5, 5.41) is 5.35. The number of carbonyl (C=O) groups is 2. The van der Waals surface area contributed by atoms with Gasteiger partial charge in [-0.05, 0) is 30.0 Å². The Bertz CT molecular complexity index is 891. The molecule has 0 unspecified atom stereocenters. The second kappa shape index (κ2) is 7.90. The van der Waals surface area contributed by atoms with Crippen molar-refractivity contribution < 1.29 is 14.3 Å². The first-order valence-corrected chi connectivity index (χ1v) is 8.94. The van der Waals surface area contributed by atoms with Crippen molar-refractivity contribution in [2.24, 2.45) is 0 Å². The van der Waals surface area contributed by atoms with E-state index in [1.807, 2.05) is 48.7 Å². The minimum Gasteiger partial charge on any atom is -0.452 e. The summed E-state index contributed by atoms with van der Waals surface area (Å²) in [5.74, 6) is -0.824. The highest BCUT2D eigenvalue weighted by Crippen LogP contribution is 2.28. The summed E-state index contributed by atoms with van der Waals surface area (Å²) in [6, 6.07) is 13.0. The fourth-order valence-corrected chi connectivity index (χ4v) is 3.11. The van der Waals surface area contributed by atoms with Crippen molar-refractivity contribution in [3.8, 4) is 10.6 Å². The van der Waals surface area contributed by atoms with Gasteiger partial charge < -0.3 is 10.1 Å². The average Bonchev–Trinajstić information content (AvgIpc) is 3.18. The second-order valence-corrected chi connectivity index (χ2v) is 6.42. The molecule has 0 aliphatic heterocycles. The Morgan fingerprint density at radius 1 is 1.20 bits per heavy atom. The molecule has 1 amide bonds. The van der Waals surface area contributed by atoms with Gasteiger partial charge in [-0.3, -0.25) is 4.79 Å². The molecule has 3 aromatic rings. The van der Waals surface area contributed by atoms with E-state index in [-0.39, 0.29) is 12.5 Å². The van der Waals surface area contributed by atoms with Crippen LogP contribution in [0.1, 0.15) is 23.7 Å². The van der Waals surface area contributed by atoms with Gasteiger partial charge >= 0.3 is 5.97 Å². The standard InChI is InChI=1S/C19H18N2O3S/c1-2-9-20-18(22)12-24-19(23)14-11-16(17-8-5-10-25-17)21-15-7-4-3-6-13(14)15/h3-8,10-11H,2,9,12H2,1H3,(H,20,22). The third-order valence-electron chi connectivity index (χ3n) is 3.62. The van der Waals surface area contributed by atoms with Gasteiger partial charge in [-0.25, -0.2) is 9.78 Å². The lowest BCUT2D eigenvalue weighted by Crippen LogP contribution is -2.29. The van der Waals surface area contributed by atoms with Crippen LogP contribution in [-0.4, -0.2) is 30.0 Å². The molecule has 0 bridgehead atoms. The van der Waals surface area contributed by atoms with Crippen LogP contribution < -0.4 is 5.32 Å². The fourth-order valence-electron chi connectivity index (χ4n) is 2.42. The van der Waals surface area contributed by atoms with Gasteiger partial charge in [-0.15, -0.1) is 11.3 Å². The van der Waals surface area contributed by atoms with Gasteiger partial charge in [-0.2, -0.15) is 0 Å². The quantitative estimate of drug-likeness (QED) is 0.686. The number of aromatic nitrogens is 1. The van der Waals surface area contributed by atoms with Gasteiger partial charge in [0.15, 0.2) is 6.61 Å². The van der Waals surface area contributed by atoms with Crippen molar-refractivity contribution >= 4 is 34.1 Å². The molecule has 0 atom stereocenters. The summed E-state index contributed by atoms with van der Waals surface area (Å²) in [4.78, 5) is 29.8. The fraction of sp³-hybridized carbons (Fsp3) is 0.211. The first-order valence-electron chi connectivity index (χ1n) is 8.06. The van der Waals surface area contributed by atoms with Crippen molar-refractivity contribution in [1.29, 1.82) is 0 Å². The number of ether oxygens (including phenoxy) is 1. The molecule has 0 radical (unpaired) electrons. The highest BCUT2D eigenvalue weighted by atomic mass is 32.1. The van der Waals surface area contributed by atoms with E-state index in [4.69, 9.17) is 4.74 Å². The van der Waals surface area contributed by atoms with E-state index in [9.17, 15) is 9.59 Å². The molecule has 25 heavy (non-hydrogen) atoms. The summed E-state index contributed by atoms with van der Waals surface area (Å²) in [6.45, 7) is 2.24. The molecule has 0 aliphatic carbocycles. The molecule has 0 aliphatic rings. The Morgan fingerprint density at radius 3 is 2.80 bits per heavy atom. The lowest BCUT2D eigenvalue weighted by molar-refractivity contribution is -0.124. The average molecular weight is 354 g/mol. The van der Waals surface area contributed by atoms with Crippen LogP contribution >= 0.6 is 11.3 Å². The van der Waals surface area contributed by atoms with Gasteiger partial charge in [0.05, 0.1) is 21.7 Å². The number of hydrogen-bond donors (Lipinski definition) is 1. The van der Waals surface area contributed by atoms with Crippen molar-refractivity contribution in [3.63, 3.8) is 0 Å². The van der Waals surface area contributed by atoms with Crippen LogP contribution in [0.4, 0.5) is 0 Å². The predicted octanol–water partition coefficient (Wildman–Crippen LogP) is 3.65. The second-order valence-electron chi connectivity index (χ2n) is 5.48. The summed E-state index contributed by atoms with van der Waals surface area (Å²) in [5.41, 5.74) is 1.85. The monoisotopic (exact) mass is 354 g/mol. The molecule has 2 aromatic heterocycles. The molecule has 0 saturated heterocycles. The van der Waals surface area contributed by atoms with Gasteiger partial charge in [0.25, 0.3) is 5.91 Å². The van der Waals surface area contributed by atoms with Gasteiger partial charge in [0.2, 0.25) is 0 Å². The van der Waals surface area contributed by atoms with Crippen molar-refractivity contribution in [2.45, 2.75) is 13.3 Å². The number of hydrogen-bond acceptors (Lipinski definition) is 5. The number of benzene rings is 1. The number of para-hydroxylation sites is 1. The maximum absolute atomic E-state index is 12.5. The summed E-state index contributed by atoms with van der Waals surface area (Å²) in [6.07, 6.45) is 0.832. The number of nitrogens with one attached hydrogen (secondary N) is 1. The van der Waals surface area contributed by atoms with E-state index < -0.39 is 5.97 Å². The van der Waals surface area contributed by atoms with E-state index in [1.54, 1.807) is 17.4 Å². The number of thiophene rings is 1. The SMILES string of the molecule is CCCNC(=O)COC(=O)c1cc(-c2cccs2)nc2ccccc12. The molecule has 0 spiro atoms. The Hall–Kier alpha value is -2.73. The Morgan fingerprint density at radius 2 is 2.04 bits per heavy atom. The van der Waals surface area contributed by atoms with Gasteiger partial charge in [0.1, 0.15) is 0 Å². The van der Waals surface area contributed by atoms with Crippen LogP contribution in [-0.2, 0) is 9.53 Å². The molecule has 5 nitrogen and oxygen atoms in total. The van der Waals surface area contributed by atoms with E-state index in [0.29, 0.717) is 17.5 Å². The molecule has 2 heterocycles. The van der Waals surface area contributed by atoms with Crippen LogP contribution in [0.2, 0.25) is 0 Å². The molecular formula is C19H18N2O3S. The van der Waals surface area contributed by atoms with E-state index in [2.05, 4.69) is 10.3 Å². The molecule has 6 heteroatoms. The third kappa shape index (κ3) is 4.03. The Balaban J connectivity index is 1.89. The summed E-state index contributed by atoms with van der Waals surface area (Å²) >= 11 is 1.55. The Kier molecular flexibility index (Phi) is 5.40. The lowest BCUT2D eigenvalue weighted by Gasteiger charge is -2.09. The highest BCUT2D eigenvalue weighted by Gasteiger charge is 2.16. The number of amides is 1. The van der Waals surface area contributed by atoms with Crippen molar-refractivity contribution in [2.75, 3.05) is 13.2 Å². The predicted molar refractivity (Wildman–Crippen MR) is 98.6 cm³/mol. The maximum atomic E-state index is 12.5. The zero-order valence-corrected chi connectivity index (χ0v) is 14.6. The summed E-state index contributed by atoms with van der Waals surface area (Å²) in [7, 11) is 0. The van der Waals surface area contributed by atoms with Crippen molar-refractivity contribution in [3.05, 3.63) is 53.4 Å². The minimum atomic E-state index is -0.525. The third-order valence-corrected chi connectivity index (χ3v) is 4.51. The van der Waals surface area contributed by atoms with Crippen LogP contribution in [0.3, 0.4) is 0 Å². The minimum absolute atomic E-state index is 0.288. The first-order chi connectivity index (χ1) is 12.2.